The second kappa shape index (κ2) is 11.1. The van der Waals surface area contributed by atoms with Crippen molar-refractivity contribution in [3.05, 3.63) is 82.4 Å². The van der Waals surface area contributed by atoms with Gasteiger partial charge >= 0.3 is 0 Å². The van der Waals surface area contributed by atoms with Crippen LogP contribution in [0.3, 0.4) is 0 Å². The molecule has 0 aromatic heterocycles. The van der Waals surface area contributed by atoms with E-state index >= 15 is 0 Å². The Hall–Kier alpha value is -4.46. The van der Waals surface area contributed by atoms with Crippen molar-refractivity contribution in [1.82, 2.24) is 0 Å². The van der Waals surface area contributed by atoms with E-state index in [1.54, 1.807) is 49.6 Å². The number of aliphatic hydroxyl groups is 1. The van der Waals surface area contributed by atoms with Gasteiger partial charge in [0.2, 0.25) is 5.75 Å². The van der Waals surface area contributed by atoms with Crippen LogP contribution < -0.4 is 23.8 Å². The van der Waals surface area contributed by atoms with Crippen LogP contribution in [0.2, 0.25) is 0 Å². The Balaban J connectivity index is 2.02. The zero-order chi connectivity index (χ0) is 28.4. The number of aliphatic hydroxyl groups excluding tert-OH is 1. The van der Waals surface area contributed by atoms with Crippen molar-refractivity contribution in [2.75, 3.05) is 33.3 Å². The lowest BCUT2D eigenvalue weighted by Crippen LogP contribution is -2.29. The number of amides is 1. The Morgan fingerprint density at radius 1 is 0.821 bits per heavy atom. The summed E-state index contributed by atoms with van der Waals surface area (Å²) in [6.45, 7) is 5.95. The first kappa shape index (κ1) is 27.6. The van der Waals surface area contributed by atoms with E-state index in [0.717, 1.165) is 11.1 Å². The molecule has 0 aliphatic carbocycles. The molecule has 4 rings (SSSR count). The molecule has 1 fully saturated rings. The van der Waals surface area contributed by atoms with Crippen LogP contribution in [0.25, 0.3) is 5.76 Å². The molecule has 1 atom stereocenters. The van der Waals surface area contributed by atoms with Gasteiger partial charge in [-0.2, -0.15) is 0 Å². The summed E-state index contributed by atoms with van der Waals surface area (Å²) in [5.74, 6) is 0.00158. The van der Waals surface area contributed by atoms with Gasteiger partial charge in [0.05, 0.1) is 40.1 Å². The number of nitrogens with zero attached hydrogens (tertiary/aromatic N) is 1. The second-order valence-electron chi connectivity index (χ2n) is 9.57. The summed E-state index contributed by atoms with van der Waals surface area (Å²) in [5, 5.41) is 11.6. The lowest BCUT2D eigenvalue weighted by Gasteiger charge is -2.27. The normalized spacial score (nSPS) is 16.5. The molecule has 0 saturated carbocycles. The molecule has 0 spiro atoms. The van der Waals surface area contributed by atoms with E-state index in [0.29, 0.717) is 39.8 Å². The highest BCUT2D eigenvalue weighted by Crippen LogP contribution is 2.47. The first-order valence-electron chi connectivity index (χ1n) is 12.5. The predicted molar refractivity (Wildman–Crippen MR) is 149 cm³/mol. The SMILES string of the molecule is COc1ccc(/C(O)=C2\C(=O)C(=O)N(c3ccc(C)cc3)C2c2cc(OC)c(OC)c(OC)c2)cc1C(C)C. The van der Waals surface area contributed by atoms with E-state index in [-0.39, 0.29) is 17.3 Å². The molecule has 3 aromatic rings. The summed E-state index contributed by atoms with van der Waals surface area (Å²) < 4.78 is 22.1. The van der Waals surface area contributed by atoms with Crippen LogP contribution in [-0.2, 0) is 9.59 Å². The minimum Gasteiger partial charge on any atom is -0.507 e. The fourth-order valence-corrected chi connectivity index (χ4v) is 4.87. The maximum Gasteiger partial charge on any atom is 0.300 e. The third-order valence-corrected chi connectivity index (χ3v) is 6.88. The number of aryl methyl sites for hydroxylation is 1. The quantitative estimate of drug-likeness (QED) is 0.224. The maximum absolute atomic E-state index is 13.6. The Kier molecular flexibility index (Phi) is 7.85. The molecule has 1 heterocycles. The molecular weight excluding hydrogens is 498 g/mol. The zero-order valence-electron chi connectivity index (χ0n) is 23.2. The standard InChI is InChI=1S/C31H33NO7/c1-17(2)22-14-19(10-13-23(22)36-4)28(33)26-27(20-15-24(37-5)30(39-7)25(16-20)38-6)32(31(35)29(26)34)21-11-8-18(3)9-12-21/h8-17,27,33H,1-7H3/b28-26+. The summed E-state index contributed by atoms with van der Waals surface area (Å²) in [5.41, 5.74) is 3.23. The first-order valence-corrected chi connectivity index (χ1v) is 12.5. The molecule has 1 amide bonds. The van der Waals surface area contributed by atoms with E-state index in [2.05, 4.69) is 0 Å². The van der Waals surface area contributed by atoms with Gasteiger partial charge < -0.3 is 24.1 Å². The van der Waals surface area contributed by atoms with Gasteiger partial charge in [-0.25, -0.2) is 0 Å². The van der Waals surface area contributed by atoms with Gasteiger partial charge in [0.15, 0.2) is 11.5 Å². The summed E-state index contributed by atoms with van der Waals surface area (Å²) in [4.78, 5) is 28.5. The van der Waals surface area contributed by atoms with Crippen LogP contribution >= 0.6 is 0 Å². The average Bonchev–Trinajstić information content (AvgIpc) is 3.21. The molecule has 204 valence electrons. The number of ether oxygens (including phenoxy) is 4. The molecule has 0 radical (unpaired) electrons. The summed E-state index contributed by atoms with van der Waals surface area (Å²) in [7, 11) is 6.05. The van der Waals surface area contributed by atoms with Gasteiger partial charge in [0.25, 0.3) is 11.7 Å². The minimum absolute atomic E-state index is 0.0466. The molecule has 8 heteroatoms. The highest BCUT2D eigenvalue weighted by Gasteiger charge is 2.47. The summed E-state index contributed by atoms with van der Waals surface area (Å²) in [6.07, 6.45) is 0. The fraction of sp³-hybridized carbons (Fsp3) is 0.290. The van der Waals surface area contributed by atoms with Gasteiger partial charge in [-0.3, -0.25) is 14.5 Å². The first-order chi connectivity index (χ1) is 18.7. The number of Topliss-reactive ketones (excluding diaryl/α,β-unsaturated/α-hetero) is 1. The van der Waals surface area contributed by atoms with E-state index in [1.165, 1.54) is 26.2 Å². The Bertz CT molecular complexity index is 1410. The van der Waals surface area contributed by atoms with Crippen molar-refractivity contribution in [2.45, 2.75) is 32.7 Å². The number of hydrogen-bond donors (Lipinski definition) is 1. The van der Waals surface area contributed by atoms with E-state index in [4.69, 9.17) is 18.9 Å². The summed E-state index contributed by atoms with van der Waals surface area (Å²) in [6, 6.07) is 14.9. The van der Waals surface area contributed by atoms with Crippen LogP contribution in [0.5, 0.6) is 23.0 Å². The molecule has 3 aromatic carbocycles. The predicted octanol–water partition coefficient (Wildman–Crippen LogP) is 5.78. The highest BCUT2D eigenvalue weighted by molar-refractivity contribution is 6.51. The van der Waals surface area contributed by atoms with E-state index in [1.807, 2.05) is 32.9 Å². The van der Waals surface area contributed by atoms with E-state index < -0.39 is 17.7 Å². The van der Waals surface area contributed by atoms with Crippen molar-refractivity contribution in [3.8, 4) is 23.0 Å². The average molecular weight is 532 g/mol. The van der Waals surface area contributed by atoms with Crippen LogP contribution in [0.15, 0.2) is 60.2 Å². The number of carbonyl (C=O) groups excluding carboxylic acids is 2. The number of rotatable bonds is 8. The number of anilines is 1. The lowest BCUT2D eigenvalue weighted by molar-refractivity contribution is -0.132. The van der Waals surface area contributed by atoms with Gasteiger partial charge in [-0.1, -0.05) is 31.5 Å². The Labute approximate surface area is 228 Å². The Morgan fingerprint density at radius 3 is 1.92 bits per heavy atom. The minimum atomic E-state index is -0.967. The smallest absolute Gasteiger partial charge is 0.300 e. The molecule has 1 aliphatic rings. The van der Waals surface area contributed by atoms with Crippen molar-refractivity contribution in [1.29, 1.82) is 0 Å². The molecule has 39 heavy (non-hydrogen) atoms. The van der Waals surface area contributed by atoms with Crippen LogP contribution in [0.4, 0.5) is 5.69 Å². The molecule has 1 aliphatic heterocycles. The largest absolute Gasteiger partial charge is 0.507 e. The number of ketones is 1. The van der Waals surface area contributed by atoms with Gasteiger partial charge in [0.1, 0.15) is 11.5 Å². The van der Waals surface area contributed by atoms with Crippen LogP contribution in [-0.4, -0.2) is 45.2 Å². The third kappa shape index (κ3) is 4.90. The van der Waals surface area contributed by atoms with Crippen molar-refractivity contribution >= 4 is 23.1 Å². The van der Waals surface area contributed by atoms with Crippen molar-refractivity contribution in [3.63, 3.8) is 0 Å². The number of carbonyl (C=O) groups is 2. The monoisotopic (exact) mass is 531 g/mol. The molecular formula is C31H33NO7. The number of methoxy groups -OCH3 is 4. The van der Waals surface area contributed by atoms with Gasteiger partial charge in [-0.15, -0.1) is 0 Å². The van der Waals surface area contributed by atoms with Crippen LogP contribution in [0, 0.1) is 6.92 Å². The highest BCUT2D eigenvalue weighted by atomic mass is 16.5. The lowest BCUT2D eigenvalue weighted by atomic mass is 9.92. The second-order valence-corrected chi connectivity index (χ2v) is 9.57. The van der Waals surface area contributed by atoms with Gasteiger partial charge in [-0.05, 0) is 66.4 Å². The molecule has 8 nitrogen and oxygen atoms in total. The van der Waals surface area contributed by atoms with Gasteiger partial charge in [0, 0.05) is 11.3 Å². The van der Waals surface area contributed by atoms with Crippen molar-refractivity contribution < 1.29 is 33.6 Å². The zero-order valence-corrected chi connectivity index (χ0v) is 23.2. The van der Waals surface area contributed by atoms with E-state index in [9.17, 15) is 14.7 Å². The summed E-state index contributed by atoms with van der Waals surface area (Å²) >= 11 is 0. The third-order valence-electron chi connectivity index (χ3n) is 6.88. The molecule has 1 N–H and O–H groups in total. The molecule has 1 saturated heterocycles. The molecule has 1 unspecified atom stereocenters. The molecule has 0 bridgehead atoms. The topological polar surface area (TPSA) is 94.5 Å². The van der Waals surface area contributed by atoms with Crippen LogP contribution in [0.1, 0.15) is 48.1 Å². The Morgan fingerprint density at radius 2 is 1.41 bits per heavy atom. The van der Waals surface area contributed by atoms with Crippen molar-refractivity contribution in [2.24, 2.45) is 0 Å². The fourth-order valence-electron chi connectivity index (χ4n) is 4.87. The number of benzene rings is 3. The number of hydrogen-bond acceptors (Lipinski definition) is 7. The maximum atomic E-state index is 13.6.